The van der Waals surface area contributed by atoms with E-state index in [0.29, 0.717) is 18.5 Å². The summed E-state index contributed by atoms with van der Waals surface area (Å²) in [5, 5.41) is 5.96. The van der Waals surface area contributed by atoms with Crippen LogP contribution in [0.5, 0.6) is 11.8 Å². The summed E-state index contributed by atoms with van der Waals surface area (Å²) < 4.78 is 10.4. The maximum atomic E-state index is 5.30. The van der Waals surface area contributed by atoms with E-state index in [1.165, 1.54) is 0 Å². The summed E-state index contributed by atoms with van der Waals surface area (Å²) in [4.78, 5) is 12.5. The molecule has 0 unspecified atom stereocenters. The molecule has 0 atom stereocenters. The molecule has 0 fully saturated rings. The van der Waals surface area contributed by atoms with E-state index >= 15 is 0 Å². The Kier molecular flexibility index (Phi) is 4.54. The minimum Gasteiger partial charge on any atom is -0.497 e. The van der Waals surface area contributed by atoms with Gasteiger partial charge in [0.05, 0.1) is 13.7 Å². The van der Waals surface area contributed by atoms with Crippen LogP contribution in [0.25, 0.3) is 0 Å². The Bertz CT molecular complexity index is 559. The third kappa shape index (κ3) is 3.47. The molecule has 0 aliphatic heterocycles. The number of methoxy groups -OCH3 is 1. The Morgan fingerprint density at radius 3 is 2.35 bits per heavy atom. The van der Waals surface area contributed by atoms with E-state index in [9.17, 15) is 0 Å². The number of ether oxygens (including phenoxy) is 2. The van der Waals surface area contributed by atoms with Gasteiger partial charge in [0.1, 0.15) is 5.75 Å². The molecule has 106 valence electrons. The van der Waals surface area contributed by atoms with Crippen molar-refractivity contribution in [2.24, 2.45) is 0 Å². The van der Waals surface area contributed by atoms with E-state index in [1.807, 2.05) is 31.2 Å². The van der Waals surface area contributed by atoms with Gasteiger partial charge >= 0.3 is 6.01 Å². The molecule has 0 saturated heterocycles. The zero-order chi connectivity index (χ0) is 14.4. The van der Waals surface area contributed by atoms with E-state index in [4.69, 9.17) is 9.47 Å². The predicted octanol–water partition coefficient (Wildman–Crippen LogP) is 2.06. The molecule has 7 heteroatoms. The molecule has 2 N–H and O–H groups in total. The quantitative estimate of drug-likeness (QED) is 0.835. The lowest BCUT2D eigenvalue weighted by Crippen LogP contribution is -2.06. The maximum Gasteiger partial charge on any atom is 0.323 e. The van der Waals surface area contributed by atoms with Crippen LogP contribution in [0.3, 0.4) is 0 Å². The third-order valence-corrected chi connectivity index (χ3v) is 2.46. The van der Waals surface area contributed by atoms with Crippen molar-refractivity contribution >= 4 is 17.6 Å². The highest BCUT2D eigenvalue weighted by atomic mass is 16.5. The number of benzene rings is 1. The van der Waals surface area contributed by atoms with Crippen LogP contribution in [0, 0.1) is 0 Å². The van der Waals surface area contributed by atoms with Crippen LogP contribution < -0.4 is 20.1 Å². The molecule has 0 amide bonds. The smallest absolute Gasteiger partial charge is 0.323 e. The predicted molar refractivity (Wildman–Crippen MR) is 76.8 cm³/mol. The topological polar surface area (TPSA) is 81.2 Å². The van der Waals surface area contributed by atoms with Crippen LogP contribution in [-0.4, -0.2) is 35.7 Å². The molecule has 1 heterocycles. The summed E-state index contributed by atoms with van der Waals surface area (Å²) in [6.07, 6.45) is 0. The molecule has 0 aliphatic carbocycles. The van der Waals surface area contributed by atoms with Gasteiger partial charge in [0, 0.05) is 12.7 Å². The van der Waals surface area contributed by atoms with Crippen molar-refractivity contribution in [2.75, 3.05) is 31.4 Å². The van der Waals surface area contributed by atoms with Crippen molar-refractivity contribution < 1.29 is 9.47 Å². The molecule has 0 aliphatic rings. The Labute approximate surface area is 117 Å². The van der Waals surface area contributed by atoms with Gasteiger partial charge in [-0.1, -0.05) is 0 Å². The second-order valence-corrected chi connectivity index (χ2v) is 3.80. The van der Waals surface area contributed by atoms with Gasteiger partial charge in [0.2, 0.25) is 11.9 Å². The number of nitrogens with one attached hydrogen (secondary N) is 2. The second kappa shape index (κ2) is 6.55. The van der Waals surface area contributed by atoms with Crippen molar-refractivity contribution in [1.82, 2.24) is 15.0 Å². The highest BCUT2D eigenvalue weighted by Gasteiger charge is 2.06. The zero-order valence-corrected chi connectivity index (χ0v) is 11.7. The van der Waals surface area contributed by atoms with E-state index in [-0.39, 0.29) is 6.01 Å². The first kappa shape index (κ1) is 13.9. The van der Waals surface area contributed by atoms with Crippen molar-refractivity contribution in [1.29, 1.82) is 0 Å². The van der Waals surface area contributed by atoms with Gasteiger partial charge in [0.25, 0.3) is 0 Å². The number of rotatable bonds is 6. The Balaban J connectivity index is 2.20. The first-order valence-electron chi connectivity index (χ1n) is 6.23. The molecule has 7 nitrogen and oxygen atoms in total. The molecule has 20 heavy (non-hydrogen) atoms. The van der Waals surface area contributed by atoms with Gasteiger partial charge in [-0.05, 0) is 31.2 Å². The lowest BCUT2D eigenvalue weighted by Gasteiger charge is -2.09. The summed E-state index contributed by atoms with van der Waals surface area (Å²) in [5.74, 6) is 1.65. The SMILES string of the molecule is CCOc1nc(NC)nc(Nc2ccc(OC)cc2)n1. The Morgan fingerprint density at radius 1 is 1.05 bits per heavy atom. The molecule has 0 radical (unpaired) electrons. The van der Waals surface area contributed by atoms with Crippen LogP contribution in [0.2, 0.25) is 0 Å². The lowest BCUT2D eigenvalue weighted by molar-refractivity contribution is 0.312. The number of anilines is 3. The van der Waals surface area contributed by atoms with Gasteiger partial charge in [-0.15, -0.1) is 0 Å². The standard InChI is InChI=1S/C13H17N5O2/c1-4-20-13-17-11(14-2)16-12(18-13)15-9-5-7-10(19-3)8-6-9/h5-8H,4H2,1-3H3,(H2,14,15,16,17,18). The van der Waals surface area contributed by atoms with Crippen molar-refractivity contribution in [3.63, 3.8) is 0 Å². The number of aromatic nitrogens is 3. The maximum absolute atomic E-state index is 5.30. The minimum atomic E-state index is 0.280. The average molecular weight is 275 g/mol. The lowest BCUT2D eigenvalue weighted by atomic mass is 10.3. The van der Waals surface area contributed by atoms with Gasteiger partial charge in [-0.25, -0.2) is 0 Å². The number of nitrogens with zero attached hydrogens (tertiary/aromatic N) is 3. The molecule has 2 rings (SSSR count). The molecular formula is C13H17N5O2. The van der Waals surface area contributed by atoms with Crippen molar-refractivity contribution in [3.8, 4) is 11.8 Å². The van der Waals surface area contributed by atoms with E-state index in [1.54, 1.807) is 14.2 Å². The number of hydrogen-bond donors (Lipinski definition) is 2. The summed E-state index contributed by atoms with van der Waals surface area (Å²) in [6.45, 7) is 2.37. The largest absolute Gasteiger partial charge is 0.497 e. The van der Waals surface area contributed by atoms with Crippen molar-refractivity contribution in [2.45, 2.75) is 6.92 Å². The Morgan fingerprint density at radius 2 is 1.75 bits per heavy atom. The molecule has 0 spiro atoms. The van der Waals surface area contributed by atoms with E-state index in [2.05, 4.69) is 25.6 Å². The normalized spacial score (nSPS) is 9.95. The fourth-order valence-electron chi connectivity index (χ4n) is 1.52. The van der Waals surface area contributed by atoms with Gasteiger partial charge in [-0.3, -0.25) is 0 Å². The fraction of sp³-hybridized carbons (Fsp3) is 0.308. The molecule has 0 bridgehead atoms. The van der Waals surface area contributed by atoms with Crippen molar-refractivity contribution in [3.05, 3.63) is 24.3 Å². The highest BCUT2D eigenvalue weighted by Crippen LogP contribution is 2.19. The highest BCUT2D eigenvalue weighted by molar-refractivity contribution is 5.55. The third-order valence-electron chi connectivity index (χ3n) is 2.46. The molecule has 1 aromatic heterocycles. The van der Waals surface area contributed by atoms with E-state index < -0.39 is 0 Å². The molecular weight excluding hydrogens is 258 g/mol. The summed E-state index contributed by atoms with van der Waals surface area (Å²) in [7, 11) is 3.37. The summed E-state index contributed by atoms with van der Waals surface area (Å²) >= 11 is 0. The first-order valence-corrected chi connectivity index (χ1v) is 6.23. The van der Waals surface area contributed by atoms with Gasteiger partial charge in [0.15, 0.2) is 0 Å². The molecule has 1 aromatic carbocycles. The zero-order valence-electron chi connectivity index (χ0n) is 11.7. The van der Waals surface area contributed by atoms with Crippen LogP contribution in [0.15, 0.2) is 24.3 Å². The van der Waals surface area contributed by atoms with E-state index in [0.717, 1.165) is 11.4 Å². The summed E-state index contributed by atoms with van der Waals surface area (Å²) in [5.41, 5.74) is 0.849. The summed E-state index contributed by atoms with van der Waals surface area (Å²) in [6, 6.07) is 7.74. The number of hydrogen-bond acceptors (Lipinski definition) is 7. The van der Waals surface area contributed by atoms with Crippen LogP contribution in [0.4, 0.5) is 17.6 Å². The second-order valence-electron chi connectivity index (χ2n) is 3.80. The average Bonchev–Trinajstić information content (AvgIpc) is 2.48. The van der Waals surface area contributed by atoms with Gasteiger partial charge in [-0.2, -0.15) is 15.0 Å². The fourth-order valence-corrected chi connectivity index (χ4v) is 1.52. The minimum absolute atomic E-state index is 0.280. The first-order chi connectivity index (χ1) is 9.75. The van der Waals surface area contributed by atoms with Crippen LogP contribution in [0.1, 0.15) is 6.92 Å². The molecule has 0 saturated carbocycles. The Hall–Kier alpha value is -2.57. The molecule has 2 aromatic rings. The van der Waals surface area contributed by atoms with Gasteiger partial charge < -0.3 is 20.1 Å². The van der Waals surface area contributed by atoms with Crippen LogP contribution >= 0.6 is 0 Å². The van der Waals surface area contributed by atoms with Crippen LogP contribution in [-0.2, 0) is 0 Å². The monoisotopic (exact) mass is 275 g/mol.